The second kappa shape index (κ2) is 6.44. The van der Waals surface area contributed by atoms with Crippen LogP contribution in [-0.2, 0) is 0 Å². The van der Waals surface area contributed by atoms with Gasteiger partial charge in [-0.25, -0.2) is 8.78 Å². The maximum atomic E-state index is 13.9. The summed E-state index contributed by atoms with van der Waals surface area (Å²) in [6, 6.07) is 3.91. The van der Waals surface area contributed by atoms with Crippen molar-refractivity contribution < 1.29 is 8.78 Å². The van der Waals surface area contributed by atoms with E-state index in [1.165, 1.54) is 12.1 Å². The molecule has 19 heavy (non-hydrogen) atoms. The molecule has 1 aromatic rings. The average Bonchev–Trinajstić information content (AvgIpc) is 3.22. The van der Waals surface area contributed by atoms with Crippen LogP contribution in [0.2, 0.25) is 0 Å². The Morgan fingerprint density at radius 3 is 2.68 bits per heavy atom. The van der Waals surface area contributed by atoms with Gasteiger partial charge < -0.3 is 5.73 Å². The van der Waals surface area contributed by atoms with Crippen LogP contribution in [0.5, 0.6) is 0 Å². The molecule has 1 fully saturated rings. The van der Waals surface area contributed by atoms with E-state index < -0.39 is 5.82 Å². The lowest BCUT2D eigenvalue weighted by atomic mass is 10.0. The Labute approximate surface area is 113 Å². The van der Waals surface area contributed by atoms with Gasteiger partial charge in [-0.15, -0.1) is 0 Å². The molecule has 106 valence electrons. The maximum Gasteiger partial charge on any atom is 0.128 e. The van der Waals surface area contributed by atoms with Crippen LogP contribution in [0.15, 0.2) is 18.2 Å². The number of benzene rings is 1. The van der Waals surface area contributed by atoms with Crippen LogP contribution < -0.4 is 5.73 Å². The summed E-state index contributed by atoms with van der Waals surface area (Å²) in [6.45, 7) is 3.35. The molecule has 1 saturated carbocycles. The third-order valence-electron chi connectivity index (χ3n) is 3.73. The smallest absolute Gasteiger partial charge is 0.128 e. The first-order valence-corrected chi connectivity index (χ1v) is 7.08. The van der Waals surface area contributed by atoms with E-state index in [0.717, 1.165) is 38.3 Å². The van der Waals surface area contributed by atoms with Crippen molar-refractivity contribution >= 4 is 0 Å². The molecule has 0 heterocycles. The van der Waals surface area contributed by atoms with E-state index in [4.69, 9.17) is 5.73 Å². The molecule has 0 amide bonds. The number of nitrogens with zero attached hydrogens (tertiary/aromatic N) is 1. The monoisotopic (exact) mass is 268 g/mol. The highest BCUT2D eigenvalue weighted by molar-refractivity contribution is 5.23. The number of hydrogen-bond acceptors (Lipinski definition) is 2. The van der Waals surface area contributed by atoms with Gasteiger partial charge in [-0.05, 0) is 44.0 Å². The van der Waals surface area contributed by atoms with Gasteiger partial charge in [0.05, 0.1) is 6.04 Å². The van der Waals surface area contributed by atoms with Crippen LogP contribution in [-0.4, -0.2) is 24.0 Å². The minimum atomic E-state index is -0.402. The van der Waals surface area contributed by atoms with Crippen LogP contribution in [0.25, 0.3) is 0 Å². The highest BCUT2D eigenvalue weighted by Crippen LogP contribution is 2.35. The summed E-state index contributed by atoms with van der Waals surface area (Å²) in [5.74, 6) is -0.764. The quantitative estimate of drug-likeness (QED) is 0.822. The molecule has 2 nitrogen and oxygen atoms in total. The van der Waals surface area contributed by atoms with E-state index in [0.29, 0.717) is 18.2 Å². The van der Waals surface area contributed by atoms with Crippen LogP contribution in [0, 0.1) is 11.6 Å². The SMILES string of the molecule is CCCCN(C1CC1)C(CN)c1cc(F)ccc1F. The molecule has 1 aliphatic carbocycles. The summed E-state index contributed by atoms with van der Waals surface area (Å²) in [6.07, 6.45) is 4.42. The van der Waals surface area contributed by atoms with Crippen molar-refractivity contribution in [3.8, 4) is 0 Å². The molecule has 0 bridgehead atoms. The van der Waals surface area contributed by atoms with Gasteiger partial charge in [0.1, 0.15) is 11.6 Å². The molecule has 0 spiro atoms. The minimum Gasteiger partial charge on any atom is -0.329 e. The topological polar surface area (TPSA) is 29.3 Å². The maximum absolute atomic E-state index is 13.9. The van der Waals surface area contributed by atoms with Crippen LogP contribution in [0.1, 0.15) is 44.2 Å². The van der Waals surface area contributed by atoms with Crippen molar-refractivity contribution in [3.63, 3.8) is 0 Å². The first-order chi connectivity index (χ1) is 9.17. The number of unbranched alkanes of at least 4 members (excludes halogenated alkanes) is 1. The Balaban J connectivity index is 2.22. The van der Waals surface area contributed by atoms with Crippen LogP contribution in [0.4, 0.5) is 8.78 Å². The second-order valence-corrected chi connectivity index (χ2v) is 5.24. The number of nitrogens with two attached hydrogens (primary N) is 1. The fourth-order valence-corrected chi connectivity index (χ4v) is 2.55. The lowest BCUT2D eigenvalue weighted by Crippen LogP contribution is -2.36. The van der Waals surface area contributed by atoms with Gasteiger partial charge in [-0.1, -0.05) is 13.3 Å². The molecule has 0 aromatic heterocycles. The van der Waals surface area contributed by atoms with Gasteiger partial charge in [-0.2, -0.15) is 0 Å². The van der Waals surface area contributed by atoms with E-state index in [9.17, 15) is 8.78 Å². The second-order valence-electron chi connectivity index (χ2n) is 5.24. The van der Waals surface area contributed by atoms with E-state index in [-0.39, 0.29) is 11.9 Å². The van der Waals surface area contributed by atoms with Crippen molar-refractivity contribution in [1.29, 1.82) is 0 Å². The number of halogens is 2. The third-order valence-corrected chi connectivity index (χ3v) is 3.73. The molecule has 1 aliphatic rings. The Hall–Kier alpha value is -1.00. The van der Waals surface area contributed by atoms with Gasteiger partial charge in [0.15, 0.2) is 0 Å². The Morgan fingerprint density at radius 2 is 2.11 bits per heavy atom. The molecule has 1 aromatic carbocycles. The van der Waals surface area contributed by atoms with E-state index in [2.05, 4.69) is 11.8 Å². The number of hydrogen-bond donors (Lipinski definition) is 1. The van der Waals surface area contributed by atoms with Gasteiger partial charge in [0.25, 0.3) is 0 Å². The minimum absolute atomic E-state index is 0.213. The van der Waals surface area contributed by atoms with Gasteiger partial charge >= 0.3 is 0 Å². The van der Waals surface area contributed by atoms with Crippen molar-refractivity contribution in [2.45, 2.75) is 44.7 Å². The number of rotatable bonds is 7. The first-order valence-electron chi connectivity index (χ1n) is 7.08. The van der Waals surface area contributed by atoms with E-state index >= 15 is 0 Å². The molecule has 4 heteroatoms. The van der Waals surface area contributed by atoms with Gasteiger partial charge in [-0.3, -0.25) is 4.90 Å². The van der Waals surface area contributed by atoms with E-state index in [1.54, 1.807) is 0 Å². The fraction of sp³-hybridized carbons (Fsp3) is 0.600. The lowest BCUT2D eigenvalue weighted by molar-refractivity contribution is 0.184. The summed E-state index contributed by atoms with van der Waals surface area (Å²) in [4.78, 5) is 2.25. The highest BCUT2D eigenvalue weighted by atomic mass is 19.1. The predicted molar refractivity (Wildman–Crippen MR) is 72.8 cm³/mol. The molecule has 1 atom stereocenters. The Morgan fingerprint density at radius 1 is 1.37 bits per heavy atom. The molecule has 2 rings (SSSR count). The zero-order chi connectivity index (χ0) is 13.8. The van der Waals surface area contributed by atoms with Crippen molar-refractivity contribution in [2.24, 2.45) is 5.73 Å². The Bertz CT molecular complexity index is 419. The van der Waals surface area contributed by atoms with Crippen molar-refractivity contribution in [2.75, 3.05) is 13.1 Å². The summed E-state index contributed by atoms with van der Waals surface area (Å²) in [5.41, 5.74) is 6.23. The third kappa shape index (κ3) is 3.51. The average molecular weight is 268 g/mol. The lowest BCUT2D eigenvalue weighted by Gasteiger charge is -2.31. The molecule has 0 aliphatic heterocycles. The first kappa shape index (κ1) is 14.4. The summed E-state index contributed by atoms with van der Waals surface area (Å²) in [5, 5.41) is 0. The van der Waals surface area contributed by atoms with Crippen molar-refractivity contribution in [3.05, 3.63) is 35.4 Å². The molecule has 1 unspecified atom stereocenters. The fourth-order valence-electron chi connectivity index (χ4n) is 2.55. The molecular weight excluding hydrogens is 246 g/mol. The standard InChI is InChI=1S/C15H22F2N2/c1-2-3-8-19(12-5-6-12)15(10-18)13-9-11(16)4-7-14(13)17/h4,7,9,12,15H,2-3,5-6,8,10,18H2,1H3. The van der Waals surface area contributed by atoms with Gasteiger partial charge in [0.2, 0.25) is 0 Å². The molecule has 0 radical (unpaired) electrons. The Kier molecular flexibility index (Phi) is 4.88. The summed E-state index contributed by atoms with van der Waals surface area (Å²) in [7, 11) is 0. The highest BCUT2D eigenvalue weighted by Gasteiger charge is 2.34. The predicted octanol–water partition coefficient (Wildman–Crippen LogP) is 3.23. The van der Waals surface area contributed by atoms with Crippen LogP contribution >= 0.6 is 0 Å². The van der Waals surface area contributed by atoms with E-state index in [1.807, 2.05) is 0 Å². The largest absolute Gasteiger partial charge is 0.329 e. The zero-order valence-corrected chi connectivity index (χ0v) is 11.4. The van der Waals surface area contributed by atoms with Gasteiger partial charge in [0, 0.05) is 18.2 Å². The summed E-state index contributed by atoms with van der Waals surface area (Å²) >= 11 is 0. The van der Waals surface area contributed by atoms with Crippen molar-refractivity contribution in [1.82, 2.24) is 4.90 Å². The zero-order valence-electron chi connectivity index (χ0n) is 11.4. The summed E-state index contributed by atoms with van der Waals surface area (Å²) < 4.78 is 27.3. The molecule has 0 saturated heterocycles. The molecular formula is C15H22F2N2. The van der Waals surface area contributed by atoms with Crippen LogP contribution in [0.3, 0.4) is 0 Å². The molecule has 2 N–H and O–H groups in total. The normalized spacial score (nSPS) is 16.9.